The highest BCUT2D eigenvalue weighted by Crippen LogP contribution is 2.40. The largest absolute Gasteiger partial charge is 0.433 e. The molecule has 4 rings (SSSR count). The molecule has 1 saturated carbocycles. The number of nitrogens with one attached hydrogen (secondary N) is 2. The Morgan fingerprint density at radius 1 is 1.00 bits per heavy atom. The van der Waals surface area contributed by atoms with Crippen molar-refractivity contribution in [3.05, 3.63) is 47.7 Å². The lowest BCUT2D eigenvalue weighted by Gasteiger charge is -2.30. The van der Waals surface area contributed by atoms with Crippen LogP contribution in [0.5, 0.6) is 0 Å². The van der Waals surface area contributed by atoms with Crippen LogP contribution in [0.15, 0.2) is 36.4 Å². The SMILES string of the molecule is FC(F)(F)c1cc(N2CCCCC2)nc(NC(=S)NCC2(c3ccccc3)CCCC2)n1. The van der Waals surface area contributed by atoms with E-state index in [-0.39, 0.29) is 22.3 Å². The van der Waals surface area contributed by atoms with Crippen molar-refractivity contribution >= 4 is 29.1 Å². The molecule has 172 valence electrons. The van der Waals surface area contributed by atoms with Crippen molar-refractivity contribution < 1.29 is 13.2 Å². The minimum Gasteiger partial charge on any atom is -0.361 e. The molecule has 1 aliphatic carbocycles. The van der Waals surface area contributed by atoms with Gasteiger partial charge in [-0.2, -0.15) is 18.2 Å². The van der Waals surface area contributed by atoms with E-state index in [9.17, 15) is 13.2 Å². The average Bonchev–Trinajstić information content (AvgIpc) is 3.28. The number of thiocarbonyl (C=S) groups is 1. The molecule has 9 heteroatoms. The zero-order chi connectivity index (χ0) is 22.6. The number of nitrogens with zero attached hydrogens (tertiary/aromatic N) is 3. The van der Waals surface area contributed by atoms with Gasteiger partial charge < -0.3 is 15.5 Å². The molecule has 2 heterocycles. The Bertz CT molecular complexity index is 923. The Labute approximate surface area is 191 Å². The summed E-state index contributed by atoms with van der Waals surface area (Å²) in [4.78, 5) is 9.92. The molecular formula is C23H28F3N5S. The van der Waals surface area contributed by atoms with E-state index in [4.69, 9.17) is 12.2 Å². The van der Waals surface area contributed by atoms with E-state index in [1.165, 1.54) is 5.56 Å². The summed E-state index contributed by atoms with van der Waals surface area (Å²) in [6.07, 6.45) is 2.79. The number of rotatable bonds is 5. The number of anilines is 2. The second kappa shape index (κ2) is 9.60. The summed E-state index contributed by atoms with van der Waals surface area (Å²) in [7, 11) is 0. The van der Waals surface area contributed by atoms with Crippen LogP contribution >= 0.6 is 12.2 Å². The van der Waals surface area contributed by atoms with E-state index in [0.29, 0.717) is 19.6 Å². The van der Waals surface area contributed by atoms with Crippen LogP contribution in [0.1, 0.15) is 56.2 Å². The minimum absolute atomic E-state index is 0.0271. The van der Waals surface area contributed by atoms with Crippen molar-refractivity contribution in [3.63, 3.8) is 0 Å². The molecule has 32 heavy (non-hydrogen) atoms. The highest BCUT2D eigenvalue weighted by Gasteiger charge is 2.36. The van der Waals surface area contributed by atoms with Crippen molar-refractivity contribution in [2.45, 2.75) is 56.5 Å². The van der Waals surface area contributed by atoms with Gasteiger partial charge >= 0.3 is 6.18 Å². The number of alkyl halides is 3. The monoisotopic (exact) mass is 463 g/mol. The maximum Gasteiger partial charge on any atom is 0.433 e. The van der Waals surface area contributed by atoms with Gasteiger partial charge in [0.15, 0.2) is 10.8 Å². The maximum absolute atomic E-state index is 13.5. The van der Waals surface area contributed by atoms with Gasteiger partial charge in [0, 0.05) is 31.1 Å². The van der Waals surface area contributed by atoms with E-state index >= 15 is 0 Å². The molecule has 0 unspecified atom stereocenters. The molecule has 0 spiro atoms. The average molecular weight is 464 g/mol. The third kappa shape index (κ3) is 5.31. The molecule has 5 nitrogen and oxygen atoms in total. The summed E-state index contributed by atoms with van der Waals surface area (Å²) in [5.41, 5.74) is 0.270. The highest BCUT2D eigenvalue weighted by molar-refractivity contribution is 7.80. The molecule has 2 aliphatic rings. The third-order valence-corrected chi connectivity index (χ3v) is 6.69. The van der Waals surface area contributed by atoms with Crippen molar-refractivity contribution in [1.29, 1.82) is 0 Å². The van der Waals surface area contributed by atoms with Crippen molar-refractivity contribution in [3.8, 4) is 0 Å². The van der Waals surface area contributed by atoms with Crippen LogP contribution < -0.4 is 15.5 Å². The molecule has 2 N–H and O–H groups in total. The van der Waals surface area contributed by atoms with Gasteiger partial charge in [-0.1, -0.05) is 43.2 Å². The van der Waals surface area contributed by atoms with Crippen molar-refractivity contribution in [2.75, 3.05) is 29.9 Å². The molecule has 0 atom stereocenters. The Kier molecular flexibility index (Phi) is 6.83. The van der Waals surface area contributed by atoms with E-state index in [1.807, 2.05) is 23.1 Å². The van der Waals surface area contributed by atoms with E-state index in [2.05, 4.69) is 32.7 Å². The Morgan fingerprint density at radius 3 is 2.34 bits per heavy atom. The van der Waals surface area contributed by atoms with Gasteiger partial charge in [-0.15, -0.1) is 0 Å². The fourth-order valence-electron chi connectivity index (χ4n) is 4.73. The van der Waals surface area contributed by atoms with Gasteiger partial charge in [-0.05, 0) is 49.9 Å². The van der Waals surface area contributed by atoms with Gasteiger partial charge in [0.2, 0.25) is 5.95 Å². The lowest BCUT2D eigenvalue weighted by molar-refractivity contribution is -0.141. The fraction of sp³-hybridized carbons (Fsp3) is 0.522. The normalized spacial score (nSPS) is 18.4. The van der Waals surface area contributed by atoms with Gasteiger partial charge in [0.1, 0.15) is 5.82 Å². The molecule has 1 saturated heterocycles. The smallest absolute Gasteiger partial charge is 0.361 e. The molecule has 0 bridgehead atoms. The van der Waals surface area contributed by atoms with E-state index < -0.39 is 11.9 Å². The van der Waals surface area contributed by atoms with Crippen LogP contribution in [0.2, 0.25) is 0 Å². The summed E-state index contributed by atoms with van der Waals surface area (Å²) in [5.74, 6) is 0.159. The van der Waals surface area contributed by atoms with Crippen LogP contribution in [0.3, 0.4) is 0 Å². The Morgan fingerprint density at radius 2 is 1.69 bits per heavy atom. The fourth-order valence-corrected chi connectivity index (χ4v) is 4.89. The molecule has 0 radical (unpaired) electrons. The van der Waals surface area contributed by atoms with Gasteiger partial charge in [-0.25, -0.2) is 4.98 Å². The number of piperidine rings is 1. The van der Waals surface area contributed by atoms with Crippen LogP contribution in [0.4, 0.5) is 24.9 Å². The Hall–Kier alpha value is -2.42. The van der Waals surface area contributed by atoms with E-state index in [0.717, 1.165) is 51.0 Å². The second-order valence-electron chi connectivity index (χ2n) is 8.64. The van der Waals surface area contributed by atoms with Crippen LogP contribution in [0, 0.1) is 0 Å². The topological polar surface area (TPSA) is 53.1 Å². The number of hydrogen-bond donors (Lipinski definition) is 2. The first kappa shape index (κ1) is 22.8. The first-order valence-electron chi connectivity index (χ1n) is 11.2. The summed E-state index contributed by atoms with van der Waals surface area (Å²) in [5, 5.41) is 6.25. The van der Waals surface area contributed by atoms with Crippen LogP contribution in [-0.4, -0.2) is 34.7 Å². The lowest BCUT2D eigenvalue weighted by atomic mass is 9.79. The van der Waals surface area contributed by atoms with Gasteiger partial charge in [0.05, 0.1) is 0 Å². The summed E-state index contributed by atoms with van der Waals surface area (Å²) < 4.78 is 40.4. The second-order valence-corrected chi connectivity index (χ2v) is 9.05. The molecule has 1 aromatic carbocycles. The van der Waals surface area contributed by atoms with Crippen LogP contribution in [0.25, 0.3) is 0 Å². The summed E-state index contributed by atoms with van der Waals surface area (Å²) >= 11 is 5.41. The standard InChI is InChI=1S/C23H28F3N5S/c24-23(25,26)18-15-19(31-13-7-2-8-14-31)29-20(28-18)30-21(32)27-16-22(11-5-6-12-22)17-9-3-1-4-10-17/h1,3-4,9-10,15H,2,5-8,11-14,16H2,(H2,27,28,29,30,32). The maximum atomic E-state index is 13.5. The molecule has 1 aliphatic heterocycles. The zero-order valence-corrected chi connectivity index (χ0v) is 18.7. The molecule has 0 amide bonds. The lowest BCUT2D eigenvalue weighted by Crippen LogP contribution is -2.41. The predicted octanol–water partition coefficient (Wildman–Crippen LogP) is 5.28. The first-order valence-corrected chi connectivity index (χ1v) is 11.6. The van der Waals surface area contributed by atoms with Crippen molar-refractivity contribution in [1.82, 2.24) is 15.3 Å². The number of hydrogen-bond acceptors (Lipinski definition) is 4. The minimum atomic E-state index is -4.56. The highest BCUT2D eigenvalue weighted by atomic mass is 32.1. The molecular weight excluding hydrogens is 435 g/mol. The zero-order valence-electron chi connectivity index (χ0n) is 17.9. The molecule has 2 fully saturated rings. The number of aromatic nitrogens is 2. The van der Waals surface area contributed by atoms with Crippen LogP contribution in [-0.2, 0) is 11.6 Å². The van der Waals surface area contributed by atoms with Gasteiger partial charge in [-0.3, -0.25) is 0 Å². The first-order chi connectivity index (χ1) is 15.4. The molecule has 2 aromatic rings. The predicted molar refractivity (Wildman–Crippen MR) is 124 cm³/mol. The third-order valence-electron chi connectivity index (χ3n) is 6.44. The molecule has 1 aromatic heterocycles. The van der Waals surface area contributed by atoms with Gasteiger partial charge in [0.25, 0.3) is 0 Å². The summed E-state index contributed by atoms with van der Waals surface area (Å²) in [6.45, 7) is 1.99. The number of halogens is 3. The quantitative estimate of drug-likeness (QED) is 0.588. The van der Waals surface area contributed by atoms with Crippen molar-refractivity contribution in [2.24, 2.45) is 0 Å². The number of benzene rings is 1. The Balaban J connectivity index is 1.48. The summed E-state index contributed by atoms with van der Waals surface area (Å²) in [6, 6.07) is 11.3. The van der Waals surface area contributed by atoms with E-state index in [1.54, 1.807) is 0 Å².